The highest BCUT2D eigenvalue weighted by molar-refractivity contribution is 5.87. The molecule has 1 aliphatic carbocycles. The lowest BCUT2D eigenvalue weighted by Gasteiger charge is -2.26. The van der Waals surface area contributed by atoms with Crippen LogP contribution in [0.1, 0.15) is 30.4 Å². The van der Waals surface area contributed by atoms with Crippen LogP contribution in [0.4, 0.5) is 4.39 Å². The van der Waals surface area contributed by atoms with Crippen molar-refractivity contribution in [1.82, 2.24) is 0 Å². The van der Waals surface area contributed by atoms with Gasteiger partial charge in [0.1, 0.15) is 11.9 Å². The third-order valence-electron chi connectivity index (χ3n) is 5.55. The fourth-order valence-electron chi connectivity index (χ4n) is 4.19. The Morgan fingerprint density at radius 3 is 2.56 bits per heavy atom. The zero-order valence-corrected chi connectivity index (χ0v) is 14.0. The maximum absolute atomic E-state index is 13.3. The summed E-state index contributed by atoms with van der Waals surface area (Å²) in [6.45, 7) is 2.47. The number of rotatable bonds is 5. The van der Waals surface area contributed by atoms with Gasteiger partial charge in [-0.3, -0.25) is 4.79 Å². The standard InChI is InChI=1S/C22H19FO2/c1-15(25-14-24)22(13-21(22)17-9-11-18(23)12-10-17)20-8-4-6-16-5-2-3-7-19(16)20/h2-12,14-15,21H,13H2,1H3. The largest absolute Gasteiger partial charge is 0.464 e. The van der Waals surface area contributed by atoms with Gasteiger partial charge in [-0.2, -0.15) is 0 Å². The molecule has 3 aromatic rings. The van der Waals surface area contributed by atoms with Crippen LogP contribution in [0.15, 0.2) is 66.7 Å². The van der Waals surface area contributed by atoms with E-state index in [2.05, 4.69) is 24.3 Å². The third kappa shape index (κ3) is 2.51. The zero-order valence-electron chi connectivity index (χ0n) is 14.0. The Kier molecular flexibility index (Phi) is 3.79. The summed E-state index contributed by atoms with van der Waals surface area (Å²) in [6.07, 6.45) is 0.618. The molecule has 1 fully saturated rings. The first-order chi connectivity index (χ1) is 12.2. The van der Waals surface area contributed by atoms with E-state index in [0.717, 1.165) is 12.0 Å². The van der Waals surface area contributed by atoms with Gasteiger partial charge in [-0.25, -0.2) is 4.39 Å². The summed E-state index contributed by atoms with van der Waals surface area (Å²) < 4.78 is 18.7. The van der Waals surface area contributed by atoms with E-state index >= 15 is 0 Å². The average molecular weight is 334 g/mol. The van der Waals surface area contributed by atoms with Crippen molar-refractivity contribution in [3.05, 3.63) is 83.7 Å². The first kappa shape index (κ1) is 15.8. The van der Waals surface area contributed by atoms with Crippen molar-refractivity contribution >= 4 is 17.2 Å². The summed E-state index contributed by atoms with van der Waals surface area (Å²) in [6, 6.07) is 21.2. The Hall–Kier alpha value is -2.68. The number of benzene rings is 3. The first-order valence-corrected chi connectivity index (χ1v) is 8.49. The molecule has 3 unspecified atom stereocenters. The van der Waals surface area contributed by atoms with Gasteiger partial charge in [0, 0.05) is 5.41 Å². The molecule has 0 amide bonds. The van der Waals surface area contributed by atoms with Crippen LogP contribution in [-0.4, -0.2) is 12.6 Å². The van der Waals surface area contributed by atoms with Crippen LogP contribution in [-0.2, 0) is 14.9 Å². The molecule has 4 rings (SSSR count). The van der Waals surface area contributed by atoms with E-state index in [9.17, 15) is 9.18 Å². The molecule has 1 saturated carbocycles. The van der Waals surface area contributed by atoms with Crippen LogP contribution < -0.4 is 0 Å². The van der Waals surface area contributed by atoms with Gasteiger partial charge in [-0.1, -0.05) is 54.6 Å². The minimum absolute atomic E-state index is 0.203. The summed E-state index contributed by atoms with van der Waals surface area (Å²) >= 11 is 0. The van der Waals surface area contributed by atoms with E-state index in [4.69, 9.17) is 4.74 Å². The number of hydrogen-bond acceptors (Lipinski definition) is 2. The molecule has 1 aliphatic rings. The number of ether oxygens (including phenoxy) is 1. The molecule has 3 heteroatoms. The first-order valence-electron chi connectivity index (χ1n) is 8.49. The van der Waals surface area contributed by atoms with E-state index < -0.39 is 0 Å². The number of fused-ring (bicyclic) bond motifs is 1. The summed E-state index contributed by atoms with van der Waals surface area (Å²) in [4.78, 5) is 11.0. The quantitative estimate of drug-likeness (QED) is 0.616. The molecule has 0 aliphatic heterocycles. The Bertz CT molecular complexity index is 913. The summed E-state index contributed by atoms with van der Waals surface area (Å²) in [5, 5.41) is 2.35. The van der Waals surface area contributed by atoms with Crippen molar-refractivity contribution in [1.29, 1.82) is 0 Å². The maximum atomic E-state index is 13.3. The highest BCUT2D eigenvalue weighted by Gasteiger charge is 2.61. The molecule has 0 aromatic heterocycles. The van der Waals surface area contributed by atoms with Gasteiger partial charge in [-0.05, 0) is 53.3 Å². The van der Waals surface area contributed by atoms with Crippen molar-refractivity contribution < 1.29 is 13.9 Å². The molecule has 0 heterocycles. The molecule has 3 atom stereocenters. The van der Waals surface area contributed by atoms with E-state index in [1.54, 1.807) is 0 Å². The highest BCUT2D eigenvalue weighted by atomic mass is 19.1. The van der Waals surface area contributed by atoms with Crippen LogP contribution in [0.5, 0.6) is 0 Å². The third-order valence-corrected chi connectivity index (χ3v) is 5.55. The summed E-state index contributed by atoms with van der Waals surface area (Å²) in [5.41, 5.74) is 1.99. The molecule has 0 radical (unpaired) electrons. The zero-order chi connectivity index (χ0) is 17.4. The SMILES string of the molecule is CC(OC=O)C1(c2cccc3ccccc23)CC1c1ccc(F)cc1. The molecule has 3 aromatic carbocycles. The van der Waals surface area contributed by atoms with Gasteiger partial charge in [0.25, 0.3) is 6.47 Å². The molecule has 0 saturated heterocycles. The smallest absolute Gasteiger partial charge is 0.293 e. The lowest BCUT2D eigenvalue weighted by molar-refractivity contribution is -0.134. The number of carbonyl (C=O) groups excluding carboxylic acids is 1. The van der Waals surface area contributed by atoms with Crippen LogP contribution in [0.3, 0.4) is 0 Å². The molecule has 25 heavy (non-hydrogen) atoms. The van der Waals surface area contributed by atoms with Crippen molar-refractivity contribution in [2.45, 2.75) is 30.8 Å². The number of hydrogen-bond donors (Lipinski definition) is 0. The Balaban J connectivity index is 1.85. The topological polar surface area (TPSA) is 26.3 Å². The molecule has 0 N–H and O–H groups in total. The maximum Gasteiger partial charge on any atom is 0.293 e. The van der Waals surface area contributed by atoms with Crippen LogP contribution in [0.2, 0.25) is 0 Å². The predicted molar refractivity (Wildman–Crippen MR) is 96.0 cm³/mol. The van der Waals surface area contributed by atoms with Gasteiger partial charge < -0.3 is 4.74 Å². The summed E-state index contributed by atoms with van der Waals surface area (Å²) in [7, 11) is 0. The second-order valence-corrected chi connectivity index (χ2v) is 6.75. The fraction of sp³-hybridized carbons (Fsp3) is 0.227. The van der Waals surface area contributed by atoms with Gasteiger partial charge in [0.05, 0.1) is 0 Å². The minimum Gasteiger partial charge on any atom is -0.464 e. The Morgan fingerprint density at radius 1 is 1.08 bits per heavy atom. The second kappa shape index (κ2) is 5.99. The highest BCUT2D eigenvalue weighted by Crippen LogP contribution is 2.64. The van der Waals surface area contributed by atoms with Gasteiger partial charge in [-0.15, -0.1) is 0 Å². The van der Waals surface area contributed by atoms with Crippen molar-refractivity contribution in [2.75, 3.05) is 0 Å². The lowest BCUT2D eigenvalue weighted by atomic mass is 9.83. The Morgan fingerprint density at radius 2 is 1.80 bits per heavy atom. The molecule has 0 spiro atoms. The second-order valence-electron chi connectivity index (χ2n) is 6.75. The van der Waals surface area contributed by atoms with Crippen LogP contribution in [0, 0.1) is 5.82 Å². The molecular formula is C22H19FO2. The van der Waals surface area contributed by atoms with Crippen LogP contribution >= 0.6 is 0 Å². The monoisotopic (exact) mass is 334 g/mol. The van der Waals surface area contributed by atoms with Gasteiger partial charge in [0.15, 0.2) is 0 Å². The lowest BCUT2D eigenvalue weighted by Crippen LogP contribution is -2.28. The molecule has 0 bridgehead atoms. The Labute approximate surface area is 146 Å². The molecule has 2 nitrogen and oxygen atoms in total. The van der Waals surface area contributed by atoms with Crippen molar-refractivity contribution in [2.24, 2.45) is 0 Å². The predicted octanol–water partition coefficient (Wildman–Crippen LogP) is 4.97. The summed E-state index contributed by atoms with van der Waals surface area (Å²) in [5.74, 6) is -0.0359. The van der Waals surface area contributed by atoms with E-state index in [1.807, 2.05) is 37.3 Å². The molecule has 126 valence electrons. The van der Waals surface area contributed by atoms with E-state index in [1.165, 1.54) is 28.5 Å². The van der Waals surface area contributed by atoms with E-state index in [0.29, 0.717) is 6.47 Å². The van der Waals surface area contributed by atoms with Gasteiger partial charge >= 0.3 is 0 Å². The molecular weight excluding hydrogens is 315 g/mol. The van der Waals surface area contributed by atoms with E-state index in [-0.39, 0.29) is 23.3 Å². The number of halogens is 1. The van der Waals surface area contributed by atoms with Crippen molar-refractivity contribution in [3.8, 4) is 0 Å². The minimum atomic E-state index is -0.278. The average Bonchev–Trinajstić information content (AvgIpc) is 3.39. The van der Waals surface area contributed by atoms with Gasteiger partial charge in [0.2, 0.25) is 0 Å². The fourth-order valence-corrected chi connectivity index (χ4v) is 4.19. The van der Waals surface area contributed by atoms with Crippen LogP contribution in [0.25, 0.3) is 10.8 Å². The number of carbonyl (C=O) groups is 1. The van der Waals surface area contributed by atoms with Crippen molar-refractivity contribution in [3.63, 3.8) is 0 Å². The normalized spacial score (nSPS) is 23.2.